The van der Waals surface area contributed by atoms with Gasteiger partial charge in [0, 0.05) is 26.1 Å². The van der Waals surface area contributed by atoms with Gasteiger partial charge in [-0.1, -0.05) is 18.2 Å². The van der Waals surface area contributed by atoms with E-state index in [2.05, 4.69) is 6.07 Å². The highest BCUT2D eigenvalue weighted by atomic mass is 16.5. The van der Waals surface area contributed by atoms with E-state index in [1.807, 2.05) is 23.1 Å². The quantitative estimate of drug-likeness (QED) is 0.839. The highest BCUT2D eigenvalue weighted by Gasteiger charge is 2.38. The standard InChI is InChI=1S/C17H20N2O2/c18-12-14-4-1-2-5-15(14)13-19-10-9-17(7-3-11-21-17)8-6-16(19)20/h1-2,4-5H,3,6-11,13H2. The molecule has 1 spiro atoms. The van der Waals surface area contributed by atoms with Crippen LogP contribution in [-0.2, 0) is 16.1 Å². The smallest absolute Gasteiger partial charge is 0.222 e. The van der Waals surface area contributed by atoms with E-state index < -0.39 is 0 Å². The van der Waals surface area contributed by atoms with Crippen molar-refractivity contribution in [2.75, 3.05) is 13.2 Å². The zero-order chi connectivity index (χ0) is 14.7. The first-order valence-electron chi connectivity index (χ1n) is 7.62. The third-order valence-corrected chi connectivity index (χ3v) is 4.67. The predicted octanol–water partition coefficient (Wildman–Crippen LogP) is 2.62. The molecule has 4 heteroatoms. The van der Waals surface area contributed by atoms with Gasteiger partial charge in [0.25, 0.3) is 0 Å². The summed E-state index contributed by atoms with van der Waals surface area (Å²) in [6.45, 7) is 2.07. The lowest BCUT2D eigenvalue weighted by molar-refractivity contribution is -0.131. The number of rotatable bonds is 2. The van der Waals surface area contributed by atoms with Crippen molar-refractivity contribution in [2.24, 2.45) is 0 Å². The van der Waals surface area contributed by atoms with Crippen molar-refractivity contribution in [1.29, 1.82) is 5.26 Å². The molecule has 4 nitrogen and oxygen atoms in total. The number of benzene rings is 1. The van der Waals surface area contributed by atoms with Gasteiger partial charge < -0.3 is 9.64 Å². The van der Waals surface area contributed by atoms with Crippen LogP contribution in [0.15, 0.2) is 24.3 Å². The van der Waals surface area contributed by atoms with Crippen LogP contribution in [0.3, 0.4) is 0 Å². The molecule has 0 aliphatic carbocycles. The number of ether oxygens (including phenoxy) is 1. The lowest BCUT2D eigenvalue weighted by Crippen LogP contribution is -2.32. The molecule has 0 bridgehead atoms. The lowest BCUT2D eigenvalue weighted by Gasteiger charge is -2.26. The molecule has 1 aromatic rings. The first-order chi connectivity index (χ1) is 10.2. The summed E-state index contributed by atoms with van der Waals surface area (Å²) in [5.74, 6) is 0.176. The zero-order valence-electron chi connectivity index (χ0n) is 12.2. The summed E-state index contributed by atoms with van der Waals surface area (Å²) in [4.78, 5) is 14.2. The Morgan fingerprint density at radius 1 is 1.29 bits per heavy atom. The number of amides is 1. The van der Waals surface area contributed by atoms with Gasteiger partial charge in [-0.3, -0.25) is 4.79 Å². The van der Waals surface area contributed by atoms with Crippen LogP contribution in [-0.4, -0.2) is 29.6 Å². The molecule has 2 aliphatic heterocycles. The van der Waals surface area contributed by atoms with Gasteiger partial charge in [0.2, 0.25) is 5.91 Å². The van der Waals surface area contributed by atoms with Gasteiger partial charge in [-0.2, -0.15) is 5.26 Å². The Morgan fingerprint density at radius 2 is 2.14 bits per heavy atom. The van der Waals surface area contributed by atoms with E-state index in [0.717, 1.165) is 44.4 Å². The van der Waals surface area contributed by atoms with E-state index in [4.69, 9.17) is 10.00 Å². The molecule has 1 atom stereocenters. The minimum Gasteiger partial charge on any atom is -0.375 e. The highest BCUT2D eigenvalue weighted by molar-refractivity contribution is 5.76. The van der Waals surface area contributed by atoms with E-state index in [1.54, 1.807) is 6.07 Å². The minimum absolute atomic E-state index is 0.0703. The van der Waals surface area contributed by atoms with E-state index in [1.165, 1.54) is 0 Å². The average Bonchev–Trinajstić information content (AvgIpc) is 2.92. The molecule has 2 aliphatic rings. The molecule has 0 radical (unpaired) electrons. The third kappa shape index (κ3) is 2.93. The molecular weight excluding hydrogens is 264 g/mol. The largest absolute Gasteiger partial charge is 0.375 e. The summed E-state index contributed by atoms with van der Waals surface area (Å²) in [5.41, 5.74) is 1.51. The van der Waals surface area contributed by atoms with Crippen LogP contribution >= 0.6 is 0 Å². The number of nitrogens with zero attached hydrogens (tertiary/aromatic N) is 2. The van der Waals surface area contributed by atoms with Crippen LogP contribution in [0.5, 0.6) is 0 Å². The van der Waals surface area contributed by atoms with Crippen molar-refractivity contribution in [3.05, 3.63) is 35.4 Å². The van der Waals surface area contributed by atoms with Crippen LogP contribution in [0.2, 0.25) is 0 Å². The topological polar surface area (TPSA) is 53.3 Å². The van der Waals surface area contributed by atoms with Crippen LogP contribution in [0.1, 0.15) is 43.2 Å². The molecule has 110 valence electrons. The average molecular weight is 284 g/mol. The number of carbonyl (C=O) groups excluding carboxylic acids is 1. The highest BCUT2D eigenvalue weighted by Crippen LogP contribution is 2.36. The number of nitriles is 1. The monoisotopic (exact) mass is 284 g/mol. The minimum atomic E-state index is -0.0703. The van der Waals surface area contributed by atoms with E-state index >= 15 is 0 Å². The molecule has 21 heavy (non-hydrogen) atoms. The molecule has 2 fully saturated rings. The fraction of sp³-hybridized carbons (Fsp3) is 0.529. The van der Waals surface area contributed by atoms with E-state index in [0.29, 0.717) is 18.5 Å². The van der Waals surface area contributed by atoms with Gasteiger partial charge in [0.15, 0.2) is 0 Å². The van der Waals surface area contributed by atoms with Gasteiger partial charge in [-0.15, -0.1) is 0 Å². The van der Waals surface area contributed by atoms with Crippen molar-refractivity contribution in [2.45, 2.75) is 44.2 Å². The van der Waals surface area contributed by atoms with E-state index in [-0.39, 0.29) is 11.5 Å². The summed E-state index contributed by atoms with van der Waals surface area (Å²) in [6, 6.07) is 9.71. The second-order valence-electron chi connectivity index (χ2n) is 5.97. The SMILES string of the molecule is N#Cc1ccccc1CN1CCC2(CCCO2)CCC1=O. The van der Waals surface area contributed by atoms with Gasteiger partial charge in [-0.25, -0.2) is 0 Å². The molecule has 0 N–H and O–H groups in total. The van der Waals surface area contributed by atoms with Gasteiger partial charge >= 0.3 is 0 Å². The fourth-order valence-corrected chi connectivity index (χ4v) is 3.37. The van der Waals surface area contributed by atoms with E-state index in [9.17, 15) is 4.79 Å². The molecule has 1 amide bonds. The molecular formula is C17H20N2O2. The Morgan fingerprint density at radius 3 is 2.90 bits per heavy atom. The number of hydrogen-bond donors (Lipinski definition) is 0. The molecule has 2 heterocycles. The number of hydrogen-bond acceptors (Lipinski definition) is 3. The van der Waals surface area contributed by atoms with Crippen molar-refractivity contribution < 1.29 is 9.53 Å². The van der Waals surface area contributed by atoms with Gasteiger partial charge in [0.1, 0.15) is 0 Å². The second-order valence-corrected chi connectivity index (χ2v) is 5.97. The number of carbonyl (C=O) groups is 1. The first-order valence-corrected chi connectivity index (χ1v) is 7.62. The third-order valence-electron chi connectivity index (χ3n) is 4.67. The van der Waals surface area contributed by atoms with Crippen LogP contribution < -0.4 is 0 Å². The van der Waals surface area contributed by atoms with Crippen LogP contribution in [0, 0.1) is 11.3 Å². The summed E-state index contributed by atoms with van der Waals surface area (Å²) in [7, 11) is 0. The molecule has 0 aromatic heterocycles. The maximum Gasteiger partial charge on any atom is 0.222 e. The van der Waals surface area contributed by atoms with Crippen LogP contribution in [0.4, 0.5) is 0 Å². The number of likely N-dealkylation sites (tertiary alicyclic amines) is 1. The summed E-state index contributed by atoms with van der Waals surface area (Å²) in [5, 5.41) is 9.16. The van der Waals surface area contributed by atoms with Crippen molar-refractivity contribution in [3.63, 3.8) is 0 Å². The molecule has 0 saturated carbocycles. The lowest BCUT2D eigenvalue weighted by atomic mass is 9.92. The van der Waals surface area contributed by atoms with Gasteiger partial charge in [0.05, 0.1) is 17.2 Å². The predicted molar refractivity (Wildman–Crippen MR) is 78.3 cm³/mol. The Bertz CT molecular complexity index is 570. The normalized spacial score (nSPS) is 25.9. The van der Waals surface area contributed by atoms with Crippen molar-refractivity contribution >= 4 is 5.91 Å². The maximum atomic E-state index is 12.3. The second kappa shape index (κ2) is 5.87. The molecule has 2 saturated heterocycles. The Kier molecular flexibility index (Phi) is 3.94. The molecule has 1 aromatic carbocycles. The van der Waals surface area contributed by atoms with Crippen molar-refractivity contribution in [1.82, 2.24) is 4.90 Å². The fourth-order valence-electron chi connectivity index (χ4n) is 3.37. The summed E-state index contributed by atoms with van der Waals surface area (Å²) in [6.07, 6.45) is 4.47. The summed E-state index contributed by atoms with van der Waals surface area (Å²) < 4.78 is 5.92. The Labute approximate surface area is 125 Å². The molecule has 3 rings (SSSR count). The zero-order valence-corrected chi connectivity index (χ0v) is 12.2. The van der Waals surface area contributed by atoms with Crippen molar-refractivity contribution in [3.8, 4) is 6.07 Å². The van der Waals surface area contributed by atoms with Gasteiger partial charge in [-0.05, 0) is 37.3 Å². The van der Waals surface area contributed by atoms with Crippen LogP contribution in [0.25, 0.3) is 0 Å². The Hall–Kier alpha value is -1.86. The summed E-state index contributed by atoms with van der Waals surface area (Å²) >= 11 is 0. The Balaban J connectivity index is 1.73. The molecule has 1 unspecified atom stereocenters. The maximum absolute atomic E-state index is 12.3. The first kappa shape index (κ1) is 14.1.